The summed E-state index contributed by atoms with van der Waals surface area (Å²) in [5, 5.41) is 0. The van der Waals surface area contributed by atoms with Crippen molar-refractivity contribution >= 4 is 11.7 Å². The third-order valence-electron chi connectivity index (χ3n) is 6.41. The van der Waals surface area contributed by atoms with E-state index in [0.29, 0.717) is 17.9 Å². The topological polar surface area (TPSA) is 72.4 Å². The van der Waals surface area contributed by atoms with E-state index in [1.807, 2.05) is 24.1 Å². The number of ketones is 1. The summed E-state index contributed by atoms with van der Waals surface area (Å²) in [4.78, 5) is 36.7. The molecule has 3 aromatic rings. The van der Waals surface area contributed by atoms with Crippen LogP contribution in [0.4, 0.5) is 0 Å². The van der Waals surface area contributed by atoms with Crippen LogP contribution in [0.25, 0.3) is 11.1 Å². The van der Waals surface area contributed by atoms with Gasteiger partial charge in [-0.3, -0.25) is 9.59 Å². The fourth-order valence-electron chi connectivity index (χ4n) is 4.56. The van der Waals surface area contributed by atoms with E-state index in [-0.39, 0.29) is 30.4 Å². The van der Waals surface area contributed by atoms with Gasteiger partial charge in [0.1, 0.15) is 11.6 Å². The van der Waals surface area contributed by atoms with Gasteiger partial charge in [-0.05, 0) is 56.5 Å². The lowest BCUT2D eigenvalue weighted by Gasteiger charge is -2.33. The molecule has 176 valence electrons. The minimum atomic E-state index is -0.0299. The molecule has 4 rings (SSSR count). The van der Waals surface area contributed by atoms with Gasteiger partial charge in [0, 0.05) is 49.2 Å². The van der Waals surface area contributed by atoms with Gasteiger partial charge in [0.15, 0.2) is 5.78 Å². The molecule has 1 saturated heterocycles. The van der Waals surface area contributed by atoms with Crippen molar-refractivity contribution in [2.24, 2.45) is 0 Å². The molecular weight excluding hydrogens is 426 g/mol. The smallest absolute Gasteiger partial charge is 0.223 e. The minimum absolute atomic E-state index is 0.0226. The van der Waals surface area contributed by atoms with Crippen LogP contribution in [-0.2, 0) is 4.79 Å². The Hall–Kier alpha value is -3.54. The van der Waals surface area contributed by atoms with Crippen LogP contribution in [0.15, 0.2) is 54.7 Å². The molecule has 1 aliphatic heterocycles. The average Bonchev–Trinajstić information content (AvgIpc) is 2.87. The highest BCUT2D eigenvalue weighted by molar-refractivity contribution is 5.98. The first-order chi connectivity index (χ1) is 16.4. The van der Waals surface area contributed by atoms with Crippen molar-refractivity contribution in [2.45, 2.75) is 45.4 Å². The molecule has 0 saturated carbocycles. The number of methoxy groups -OCH3 is 1. The lowest BCUT2D eigenvalue weighted by molar-refractivity contribution is -0.132. The molecule has 1 atom stereocenters. The normalized spacial score (nSPS) is 15.7. The van der Waals surface area contributed by atoms with Crippen molar-refractivity contribution in [2.75, 3.05) is 20.2 Å². The molecule has 6 nitrogen and oxygen atoms in total. The molecule has 2 aromatic carbocycles. The Kier molecular flexibility index (Phi) is 7.36. The molecule has 1 aliphatic rings. The van der Waals surface area contributed by atoms with E-state index in [2.05, 4.69) is 30.1 Å². The Morgan fingerprint density at radius 3 is 2.62 bits per heavy atom. The Morgan fingerprint density at radius 2 is 1.88 bits per heavy atom. The zero-order valence-corrected chi connectivity index (χ0v) is 20.1. The van der Waals surface area contributed by atoms with Crippen molar-refractivity contribution in [1.29, 1.82) is 0 Å². The number of carbonyl (C=O) groups is 2. The Balaban J connectivity index is 1.44. The van der Waals surface area contributed by atoms with Gasteiger partial charge in [-0.1, -0.05) is 29.8 Å². The van der Waals surface area contributed by atoms with Crippen LogP contribution in [0.1, 0.15) is 59.0 Å². The van der Waals surface area contributed by atoms with Crippen LogP contribution in [0, 0.1) is 13.8 Å². The Bertz CT molecular complexity index is 1170. The number of Topliss-reactive ketones (excluding diaryl/α,β-unsaturated/α-hetero) is 1. The predicted molar refractivity (Wildman–Crippen MR) is 132 cm³/mol. The number of benzene rings is 2. The number of aryl methyl sites for hydroxylation is 2. The monoisotopic (exact) mass is 457 g/mol. The van der Waals surface area contributed by atoms with Gasteiger partial charge in [-0.25, -0.2) is 9.97 Å². The standard InChI is InChI=1S/C28H31N3O3/c1-19-6-4-7-22(16-19)25-17-29-20(2)30-28(25)23-8-5-15-31(18-23)27(33)14-13-26(32)21-9-11-24(34-3)12-10-21/h4,6-7,9-12,16-17,23H,5,8,13-15,18H2,1-3H3/t23-/m1/s1. The number of rotatable bonds is 7. The van der Waals surface area contributed by atoms with E-state index in [0.717, 1.165) is 42.0 Å². The fourth-order valence-corrected chi connectivity index (χ4v) is 4.56. The SMILES string of the molecule is COc1ccc(C(=O)CCC(=O)N2CCC[C@@H](c3nc(C)ncc3-c3cccc(C)c3)C2)cc1. The van der Waals surface area contributed by atoms with Gasteiger partial charge >= 0.3 is 0 Å². The summed E-state index contributed by atoms with van der Waals surface area (Å²) in [5.41, 5.74) is 4.92. The van der Waals surface area contributed by atoms with Gasteiger partial charge in [-0.2, -0.15) is 0 Å². The molecule has 0 bridgehead atoms. The van der Waals surface area contributed by atoms with E-state index in [9.17, 15) is 9.59 Å². The first-order valence-corrected chi connectivity index (χ1v) is 11.8. The summed E-state index contributed by atoms with van der Waals surface area (Å²) in [7, 11) is 1.59. The number of aromatic nitrogens is 2. The lowest BCUT2D eigenvalue weighted by atomic mass is 9.89. The molecule has 0 N–H and O–H groups in total. The highest BCUT2D eigenvalue weighted by Gasteiger charge is 2.28. The molecule has 0 spiro atoms. The minimum Gasteiger partial charge on any atom is -0.497 e. The maximum absolute atomic E-state index is 13.0. The molecule has 1 aromatic heterocycles. The summed E-state index contributed by atoms with van der Waals surface area (Å²) >= 11 is 0. The predicted octanol–water partition coefficient (Wildman–Crippen LogP) is 5.14. The van der Waals surface area contributed by atoms with Gasteiger partial charge < -0.3 is 9.64 Å². The van der Waals surface area contributed by atoms with E-state index >= 15 is 0 Å². The first kappa shape index (κ1) is 23.6. The van der Waals surface area contributed by atoms with Crippen molar-refractivity contribution in [3.05, 3.63) is 77.4 Å². The third kappa shape index (κ3) is 5.50. The lowest BCUT2D eigenvalue weighted by Crippen LogP contribution is -2.39. The van der Waals surface area contributed by atoms with E-state index in [1.54, 1.807) is 31.4 Å². The van der Waals surface area contributed by atoms with Crippen LogP contribution in [0.3, 0.4) is 0 Å². The number of hydrogen-bond acceptors (Lipinski definition) is 5. The fraction of sp³-hybridized carbons (Fsp3) is 0.357. The maximum Gasteiger partial charge on any atom is 0.223 e. The summed E-state index contributed by atoms with van der Waals surface area (Å²) in [6, 6.07) is 15.4. The van der Waals surface area contributed by atoms with Crippen molar-refractivity contribution in [3.8, 4) is 16.9 Å². The quantitative estimate of drug-likeness (QED) is 0.460. The van der Waals surface area contributed by atoms with Gasteiger partial charge in [-0.15, -0.1) is 0 Å². The Labute approximate surface area is 201 Å². The number of amides is 1. The summed E-state index contributed by atoms with van der Waals surface area (Å²) in [6.07, 6.45) is 4.21. The number of carbonyl (C=O) groups excluding carboxylic acids is 2. The second-order valence-corrected chi connectivity index (χ2v) is 8.92. The van der Waals surface area contributed by atoms with E-state index < -0.39 is 0 Å². The molecule has 0 aliphatic carbocycles. The van der Waals surface area contributed by atoms with Crippen LogP contribution in [0.5, 0.6) is 5.75 Å². The van der Waals surface area contributed by atoms with E-state index in [1.165, 1.54) is 5.56 Å². The van der Waals surface area contributed by atoms with Crippen LogP contribution in [-0.4, -0.2) is 46.8 Å². The van der Waals surface area contributed by atoms with Crippen molar-refractivity contribution in [3.63, 3.8) is 0 Å². The zero-order chi connectivity index (χ0) is 24.1. The van der Waals surface area contributed by atoms with Gasteiger partial charge in [0.25, 0.3) is 0 Å². The third-order valence-corrected chi connectivity index (χ3v) is 6.41. The Morgan fingerprint density at radius 1 is 1.09 bits per heavy atom. The van der Waals surface area contributed by atoms with Crippen molar-refractivity contribution < 1.29 is 14.3 Å². The van der Waals surface area contributed by atoms with Gasteiger partial charge in [0.05, 0.1) is 12.8 Å². The highest BCUT2D eigenvalue weighted by atomic mass is 16.5. The highest BCUT2D eigenvalue weighted by Crippen LogP contribution is 2.33. The molecule has 6 heteroatoms. The molecule has 0 unspecified atom stereocenters. The number of likely N-dealkylation sites (tertiary alicyclic amines) is 1. The molecule has 34 heavy (non-hydrogen) atoms. The van der Waals surface area contributed by atoms with Crippen LogP contribution in [0.2, 0.25) is 0 Å². The molecule has 0 radical (unpaired) electrons. The number of ether oxygens (including phenoxy) is 1. The molecule has 1 amide bonds. The van der Waals surface area contributed by atoms with Crippen LogP contribution < -0.4 is 4.74 Å². The summed E-state index contributed by atoms with van der Waals surface area (Å²) in [5.74, 6) is 1.58. The second-order valence-electron chi connectivity index (χ2n) is 8.92. The average molecular weight is 458 g/mol. The van der Waals surface area contributed by atoms with Crippen LogP contribution >= 0.6 is 0 Å². The summed E-state index contributed by atoms with van der Waals surface area (Å²) in [6.45, 7) is 5.31. The number of piperidine rings is 1. The number of hydrogen-bond donors (Lipinski definition) is 0. The first-order valence-electron chi connectivity index (χ1n) is 11.8. The summed E-state index contributed by atoms with van der Waals surface area (Å²) < 4.78 is 5.14. The van der Waals surface area contributed by atoms with E-state index in [4.69, 9.17) is 9.72 Å². The molecule has 2 heterocycles. The van der Waals surface area contributed by atoms with Gasteiger partial charge in [0.2, 0.25) is 5.91 Å². The second kappa shape index (κ2) is 10.6. The van der Waals surface area contributed by atoms with Crippen molar-refractivity contribution in [1.82, 2.24) is 14.9 Å². The molecule has 1 fully saturated rings. The molecular formula is C28H31N3O3. The zero-order valence-electron chi connectivity index (χ0n) is 20.1. The largest absolute Gasteiger partial charge is 0.497 e. The maximum atomic E-state index is 13.0. The number of nitrogens with zero attached hydrogens (tertiary/aromatic N) is 3.